The Kier molecular flexibility index (Phi) is 5.25. The molecule has 0 unspecified atom stereocenters. The molecule has 4 nitrogen and oxygen atoms in total. The highest BCUT2D eigenvalue weighted by atomic mass is 35.5. The number of hydrogen-bond acceptors (Lipinski definition) is 3. The summed E-state index contributed by atoms with van der Waals surface area (Å²) in [5.74, 6) is 0.319. The van der Waals surface area contributed by atoms with Crippen molar-refractivity contribution in [2.45, 2.75) is 13.8 Å². The van der Waals surface area contributed by atoms with Crippen molar-refractivity contribution in [3.05, 3.63) is 28.3 Å². The maximum Gasteiger partial charge on any atom is 0.245 e. The second-order valence-corrected chi connectivity index (χ2v) is 4.11. The van der Waals surface area contributed by atoms with Gasteiger partial charge in [0, 0.05) is 5.02 Å². The molecule has 0 fully saturated rings. The van der Waals surface area contributed by atoms with Gasteiger partial charge in [-0.25, -0.2) is 0 Å². The summed E-state index contributed by atoms with van der Waals surface area (Å²) >= 11 is 6.03. The van der Waals surface area contributed by atoms with Crippen LogP contribution in [0.1, 0.15) is 11.1 Å². The van der Waals surface area contributed by atoms with E-state index in [1.807, 2.05) is 26.0 Å². The lowest BCUT2D eigenvalue weighted by Crippen LogP contribution is -2.30. The van der Waals surface area contributed by atoms with Gasteiger partial charge in [-0.1, -0.05) is 11.6 Å². The first-order valence-corrected chi connectivity index (χ1v) is 5.69. The highest BCUT2D eigenvalue weighted by Crippen LogP contribution is 2.25. The van der Waals surface area contributed by atoms with Crippen LogP contribution in [0.4, 0.5) is 0 Å². The van der Waals surface area contributed by atoms with Gasteiger partial charge in [-0.2, -0.15) is 0 Å². The number of rotatable bonds is 5. The topological polar surface area (TPSA) is 58.6 Å². The molecule has 0 saturated carbocycles. The van der Waals surface area contributed by atoms with E-state index >= 15 is 0 Å². The predicted molar refractivity (Wildman–Crippen MR) is 66.5 cm³/mol. The van der Waals surface area contributed by atoms with Gasteiger partial charge in [0.25, 0.3) is 0 Å². The Morgan fingerprint density at radius 1 is 1.41 bits per heavy atom. The molecule has 0 aliphatic carbocycles. The number of aryl methyl sites for hydroxylation is 2. The number of ether oxygens (including phenoxy) is 1. The van der Waals surface area contributed by atoms with E-state index in [0.29, 0.717) is 13.2 Å². The fraction of sp³-hybridized carbons (Fsp3) is 0.417. The highest BCUT2D eigenvalue weighted by Gasteiger charge is 2.03. The molecule has 1 aromatic carbocycles. The molecular formula is C12H16ClNO3. The molecule has 0 aliphatic heterocycles. The number of carbonyl (C=O) groups excluding carboxylic acids is 1. The van der Waals surface area contributed by atoms with E-state index in [2.05, 4.69) is 5.32 Å². The van der Waals surface area contributed by atoms with Crippen LogP contribution in [-0.4, -0.2) is 30.8 Å². The van der Waals surface area contributed by atoms with Crippen molar-refractivity contribution in [1.82, 2.24) is 5.32 Å². The molecule has 5 heteroatoms. The first-order chi connectivity index (χ1) is 8.04. The third-order valence-corrected chi connectivity index (χ3v) is 2.84. The van der Waals surface area contributed by atoms with Gasteiger partial charge in [0.15, 0.2) is 0 Å². The van der Waals surface area contributed by atoms with Crippen molar-refractivity contribution in [2.24, 2.45) is 0 Å². The van der Waals surface area contributed by atoms with Crippen LogP contribution in [0.2, 0.25) is 5.02 Å². The minimum Gasteiger partial charge on any atom is -0.492 e. The molecule has 0 bridgehead atoms. The van der Waals surface area contributed by atoms with Crippen molar-refractivity contribution in [3.63, 3.8) is 0 Å². The van der Waals surface area contributed by atoms with Crippen LogP contribution < -0.4 is 10.1 Å². The van der Waals surface area contributed by atoms with Crippen LogP contribution in [-0.2, 0) is 4.79 Å². The summed E-state index contributed by atoms with van der Waals surface area (Å²) in [4.78, 5) is 10.7. The molecule has 0 saturated heterocycles. The van der Waals surface area contributed by atoms with Crippen LogP contribution in [0.3, 0.4) is 0 Å². The van der Waals surface area contributed by atoms with E-state index in [9.17, 15) is 4.79 Å². The van der Waals surface area contributed by atoms with Crippen LogP contribution in [0.5, 0.6) is 5.75 Å². The monoisotopic (exact) mass is 257 g/mol. The Labute approximate surface area is 106 Å². The Morgan fingerprint density at radius 3 is 2.53 bits per heavy atom. The van der Waals surface area contributed by atoms with Crippen molar-refractivity contribution >= 4 is 17.5 Å². The van der Waals surface area contributed by atoms with Gasteiger partial charge in [0.2, 0.25) is 5.91 Å². The van der Waals surface area contributed by atoms with E-state index < -0.39 is 12.5 Å². The zero-order chi connectivity index (χ0) is 12.8. The second kappa shape index (κ2) is 6.47. The van der Waals surface area contributed by atoms with Crippen LogP contribution in [0, 0.1) is 13.8 Å². The number of carbonyl (C=O) groups is 1. The minimum atomic E-state index is -0.501. The SMILES string of the molecule is Cc1cc(OCCNC(=O)CO)cc(C)c1Cl. The molecule has 1 amide bonds. The third-order valence-electron chi connectivity index (χ3n) is 2.25. The summed E-state index contributed by atoms with van der Waals surface area (Å²) < 4.78 is 5.46. The average Bonchev–Trinajstić information content (AvgIpc) is 2.31. The summed E-state index contributed by atoms with van der Waals surface area (Å²) in [6.45, 7) is 4.04. The molecule has 1 rings (SSSR count). The van der Waals surface area contributed by atoms with Crippen LogP contribution in [0.25, 0.3) is 0 Å². The van der Waals surface area contributed by atoms with Gasteiger partial charge in [-0.05, 0) is 37.1 Å². The van der Waals surface area contributed by atoms with Gasteiger partial charge in [0.05, 0.1) is 6.54 Å². The zero-order valence-electron chi connectivity index (χ0n) is 9.92. The Bertz CT molecular complexity index is 384. The van der Waals surface area contributed by atoms with E-state index in [0.717, 1.165) is 21.9 Å². The molecule has 0 aliphatic rings. The van der Waals surface area contributed by atoms with E-state index in [1.165, 1.54) is 0 Å². The highest BCUT2D eigenvalue weighted by molar-refractivity contribution is 6.32. The lowest BCUT2D eigenvalue weighted by Gasteiger charge is -2.10. The minimum absolute atomic E-state index is 0.353. The van der Waals surface area contributed by atoms with Crippen molar-refractivity contribution < 1.29 is 14.6 Å². The number of benzene rings is 1. The summed E-state index contributed by atoms with van der Waals surface area (Å²) in [6, 6.07) is 3.70. The van der Waals surface area contributed by atoms with Crippen LogP contribution in [0.15, 0.2) is 12.1 Å². The quantitative estimate of drug-likeness (QED) is 0.785. The molecule has 0 radical (unpaired) electrons. The lowest BCUT2D eigenvalue weighted by atomic mass is 10.1. The summed E-state index contributed by atoms with van der Waals surface area (Å²) in [7, 11) is 0. The van der Waals surface area contributed by atoms with Crippen molar-refractivity contribution in [2.75, 3.05) is 19.8 Å². The summed E-state index contributed by atoms with van der Waals surface area (Å²) in [5, 5.41) is 11.7. The van der Waals surface area contributed by atoms with Gasteiger partial charge >= 0.3 is 0 Å². The Hall–Kier alpha value is -1.26. The van der Waals surface area contributed by atoms with E-state index in [4.69, 9.17) is 21.4 Å². The summed E-state index contributed by atoms with van der Waals surface area (Å²) in [5.41, 5.74) is 1.92. The van der Waals surface area contributed by atoms with Gasteiger partial charge in [-0.3, -0.25) is 4.79 Å². The van der Waals surface area contributed by atoms with Gasteiger partial charge in [0.1, 0.15) is 19.0 Å². The van der Waals surface area contributed by atoms with Crippen LogP contribution >= 0.6 is 11.6 Å². The van der Waals surface area contributed by atoms with E-state index in [-0.39, 0.29) is 0 Å². The standard InChI is InChI=1S/C12H16ClNO3/c1-8-5-10(6-9(2)12(8)13)17-4-3-14-11(16)7-15/h5-6,15H,3-4,7H2,1-2H3,(H,14,16). The maximum absolute atomic E-state index is 10.7. The molecule has 0 spiro atoms. The maximum atomic E-state index is 10.7. The first kappa shape index (κ1) is 13.8. The molecular weight excluding hydrogens is 242 g/mol. The Balaban J connectivity index is 2.45. The lowest BCUT2D eigenvalue weighted by molar-refractivity contribution is -0.123. The molecule has 17 heavy (non-hydrogen) atoms. The number of aliphatic hydroxyl groups excluding tert-OH is 1. The predicted octanol–water partition coefficient (Wildman–Crippen LogP) is 1.44. The van der Waals surface area contributed by atoms with Crippen molar-refractivity contribution in [1.29, 1.82) is 0 Å². The fourth-order valence-electron chi connectivity index (χ4n) is 1.40. The number of amides is 1. The normalized spacial score (nSPS) is 10.1. The largest absolute Gasteiger partial charge is 0.492 e. The number of nitrogens with one attached hydrogen (secondary N) is 1. The van der Waals surface area contributed by atoms with E-state index in [1.54, 1.807) is 0 Å². The molecule has 94 valence electrons. The average molecular weight is 258 g/mol. The summed E-state index contributed by atoms with van der Waals surface area (Å²) in [6.07, 6.45) is 0. The zero-order valence-corrected chi connectivity index (χ0v) is 10.7. The molecule has 2 N–H and O–H groups in total. The van der Waals surface area contributed by atoms with Crippen molar-refractivity contribution in [3.8, 4) is 5.75 Å². The second-order valence-electron chi connectivity index (χ2n) is 3.73. The molecule has 1 aromatic rings. The third kappa shape index (κ3) is 4.24. The first-order valence-electron chi connectivity index (χ1n) is 5.31. The number of halogens is 1. The number of hydrogen-bond donors (Lipinski definition) is 2. The Morgan fingerprint density at radius 2 is 2.00 bits per heavy atom. The van der Waals surface area contributed by atoms with Gasteiger partial charge < -0.3 is 15.2 Å². The fourth-order valence-corrected chi connectivity index (χ4v) is 1.51. The molecule has 0 atom stereocenters. The molecule has 0 aromatic heterocycles. The smallest absolute Gasteiger partial charge is 0.245 e. The van der Waals surface area contributed by atoms with Gasteiger partial charge in [-0.15, -0.1) is 0 Å². The molecule has 0 heterocycles. The number of aliphatic hydroxyl groups is 1.